The predicted molar refractivity (Wildman–Crippen MR) is 129 cm³/mol. The monoisotopic (exact) mass is 505 g/mol. The Balaban J connectivity index is 1.91. The van der Waals surface area contributed by atoms with Gasteiger partial charge in [0.2, 0.25) is 5.91 Å². The van der Waals surface area contributed by atoms with Crippen LogP contribution in [0.3, 0.4) is 0 Å². The van der Waals surface area contributed by atoms with Crippen molar-refractivity contribution in [2.45, 2.75) is 58.5 Å². The number of methoxy groups -OCH3 is 1. The highest BCUT2D eigenvalue weighted by Gasteiger charge is 2.35. The van der Waals surface area contributed by atoms with Crippen molar-refractivity contribution in [1.82, 2.24) is 5.01 Å². The zero-order valence-corrected chi connectivity index (χ0v) is 20.5. The van der Waals surface area contributed by atoms with Crippen LogP contribution >= 0.6 is 0 Å². The number of carbonyl (C=O) groups excluding carboxylic acids is 2. The van der Waals surface area contributed by atoms with E-state index in [0.717, 1.165) is 18.9 Å². The molecule has 1 heterocycles. The van der Waals surface area contributed by atoms with Gasteiger partial charge in [0.05, 0.1) is 12.8 Å². The molecule has 10 heteroatoms. The van der Waals surface area contributed by atoms with Crippen LogP contribution in [0.2, 0.25) is 0 Å². The fourth-order valence-corrected chi connectivity index (χ4v) is 4.03. The molecule has 0 aromatic heterocycles. The highest BCUT2D eigenvalue weighted by atomic mass is 19.4. The molecule has 2 N–H and O–H groups in total. The van der Waals surface area contributed by atoms with Crippen LogP contribution in [0.15, 0.2) is 47.6 Å². The van der Waals surface area contributed by atoms with Crippen molar-refractivity contribution in [3.63, 3.8) is 0 Å². The summed E-state index contributed by atoms with van der Waals surface area (Å²) in [4.78, 5) is 25.2. The summed E-state index contributed by atoms with van der Waals surface area (Å²) >= 11 is 0. The summed E-state index contributed by atoms with van der Waals surface area (Å²) in [5, 5.41) is 5.71. The molecule has 0 aliphatic carbocycles. The average Bonchev–Trinajstić information content (AvgIpc) is 2.86. The highest BCUT2D eigenvalue weighted by molar-refractivity contribution is 6.06. The topological polar surface area (TPSA) is 94.2 Å². The molecule has 0 radical (unpaired) electrons. The van der Waals surface area contributed by atoms with Gasteiger partial charge in [0.25, 0.3) is 0 Å². The number of benzene rings is 2. The fourth-order valence-electron chi connectivity index (χ4n) is 4.03. The van der Waals surface area contributed by atoms with Crippen molar-refractivity contribution in [1.29, 1.82) is 0 Å². The largest absolute Gasteiger partial charge is 0.573 e. The van der Waals surface area contributed by atoms with Crippen LogP contribution < -0.4 is 15.2 Å². The lowest BCUT2D eigenvalue weighted by atomic mass is 9.89. The lowest BCUT2D eigenvalue weighted by molar-refractivity contribution is -0.275. The van der Waals surface area contributed by atoms with Crippen LogP contribution in [0.5, 0.6) is 11.5 Å². The minimum atomic E-state index is -4.87. The van der Waals surface area contributed by atoms with Crippen molar-refractivity contribution in [3.8, 4) is 11.5 Å². The molecule has 1 aliphatic heterocycles. The van der Waals surface area contributed by atoms with E-state index in [2.05, 4.69) is 9.84 Å². The summed E-state index contributed by atoms with van der Waals surface area (Å²) in [5.41, 5.74) is 8.57. The molecule has 3 rings (SSSR count). The Kier molecular flexibility index (Phi) is 8.73. The Morgan fingerprint density at radius 3 is 2.44 bits per heavy atom. The number of rotatable bonds is 10. The van der Waals surface area contributed by atoms with Gasteiger partial charge in [0, 0.05) is 29.9 Å². The van der Waals surface area contributed by atoms with Gasteiger partial charge in [-0.05, 0) is 36.6 Å². The zero-order valence-electron chi connectivity index (χ0n) is 20.5. The number of hydrogen-bond donors (Lipinski definition) is 1. The quantitative estimate of drug-likeness (QED) is 0.425. The van der Waals surface area contributed by atoms with Crippen LogP contribution in [0.1, 0.15) is 73.6 Å². The maximum atomic E-state index is 12.9. The number of Topliss-reactive ketones (excluding diaryl/α,β-unsaturated/α-hetero) is 1. The summed E-state index contributed by atoms with van der Waals surface area (Å²) in [6.07, 6.45) is -2.84. The van der Waals surface area contributed by atoms with Crippen molar-refractivity contribution < 1.29 is 32.2 Å². The third kappa shape index (κ3) is 6.42. The van der Waals surface area contributed by atoms with E-state index < -0.39 is 18.3 Å². The molecule has 0 spiro atoms. The number of hydrazone groups is 1. The van der Waals surface area contributed by atoms with Crippen molar-refractivity contribution >= 4 is 17.4 Å². The second-order valence-electron chi connectivity index (χ2n) is 8.54. The first-order valence-corrected chi connectivity index (χ1v) is 11.8. The van der Waals surface area contributed by atoms with Crippen LogP contribution in [-0.2, 0) is 4.79 Å². The summed E-state index contributed by atoms with van der Waals surface area (Å²) < 4.78 is 47.3. The second kappa shape index (κ2) is 11.6. The van der Waals surface area contributed by atoms with Gasteiger partial charge in [-0.2, -0.15) is 5.10 Å². The normalized spacial score (nSPS) is 17.0. The van der Waals surface area contributed by atoms with Gasteiger partial charge in [0.1, 0.15) is 6.17 Å². The maximum absolute atomic E-state index is 12.9. The Morgan fingerprint density at radius 1 is 1.17 bits per heavy atom. The molecule has 1 aliphatic rings. The molecule has 36 heavy (non-hydrogen) atoms. The number of nitrogens with zero attached hydrogens (tertiary/aromatic N) is 2. The number of hydrogen-bond acceptors (Lipinski definition) is 6. The molecule has 1 amide bonds. The van der Waals surface area contributed by atoms with Gasteiger partial charge in [-0.25, -0.2) is 5.01 Å². The third-order valence-electron chi connectivity index (χ3n) is 6.05. The zero-order chi connectivity index (χ0) is 26.5. The number of amides is 1. The number of halogens is 3. The number of carbonyl (C=O) groups is 2. The third-order valence-corrected chi connectivity index (χ3v) is 6.05. The summed E-state index contributed by atoms with van der Waals surface area (Å²) in [5.74, 6) is -1.07. The smallest absolute Gasteiger partial charge is 0.493 e. The number of ketones is 1. The molecule has 0 bridgehead atoms. The summed E-state index contributed by atoms with van der Waals surface area (Å²) in [6.45, 7) is 3.92. The molecule has 7 nitrogen and oxygen atoms in total. The van der Waals surface area contributed by atoms with Gasteiger partial charge < -0.3 is 15.2 Å². The van der Waals surface area contributed by atoms with E-state index in [9.17, 15) is 22.8 Å². The molecular formula is C26H30F3N3O4. The van der Waals surface area contributed by atoms with E-state index in [-0.39, 0.29) is 29.8 Å². The van der Waals surface area contributed by atoms with Crippen LogP contribution in [0.25, 0.3) is 0 Å². The average molecular weight is 506 g/mol. The van der Waals surface area contributed by atoms with Crippen molar-refractivity contribution in [2.24, 2.45) is 16.8 Å². The molecular weight excluding hydrogens is 475 g/mol. The first-order chi connectivity index (χ1) is 17.1. The van der Waals surface area contributed by atoms with Gasteiger partial charge in [0.15, 0.2) is 17.3 Å². The van der Waals surface area contributed by atoms with Gasteiger partial charge >= 0.3 is 6.36 Å². The predicted octanol–water partition coefficient (Wildman–Crippen LogP) is 5.59. The Bertz CT molecular complexity index is 1120. The van der Waals surface area contributed by atoms with E-state index >= 15 is 0 Å². The van der Waals surface area contributed by atoms with Crippen molar-refractivity contribution in [3.05, 3.63) is 59.2 Å². The van der Waals surface area contributed by atoms with Gasteiger partial charge in [-0.1, -0.05) is 44.5 Å². The first kappa shape index (κ1) is 27.2. The molecule has 194 valence electrons. The highest BCUT2D eigenvalue weighted by Crippen LogP contribution is 2.35. The first-order valence-electron chi connectivity index (χ1n) is 11.8. The van der Waals surface area contributed by atoms with E-state index in [1.807, 2.05) is 13.8 Å². The molecule has 0 saturated carbocycles. The molecule has 2 unspecified atom stereocenters. The van der Waals surface area contributed by atoms with E-state index in [1.165, 1.54) is 24.3 Å². The Morgan fingerprint density at radius 2 is 1.86 bits per heavy atom. The molecule has 0 fully saturated rings. The minimum Gasteiger partial charge on any atom is -0.493 e. The minimum absolute atomic E-state index is 0.0454. The Hall–Kier alpha value is -3.40. The second-order valence-corrected chi connectivity index (χ2v) is 8.54. The number of ether oxygens (including phenoxy) is 2. The van der Waals surface area contributed by atoms with Gasteiger partial charge in [-0.15, -0.1) is 13.2 Å². The standard InChI is InChI=1S/C26H30F3N3O4/c1-4-6-7-20(33)17-8-10-18(11-9-17)25(30)32-23(34)15-16(5-2)24(31-32)19-12-13-21(22(14-19)35-3)36-26(27,28)29/h8-14,16,25H,4-7,15,30H2,1-3H3. The Labute approximate surface area is 208 Å². The molecule has 2 aromatic rings. The van der Waals surface area contributed by atoms with Crippen LogP contribution in [-0.4, -0.2) is 35.9 Å². The fraction of sp³-hybridized carbons (Fsp3) is 0.423. The molecule has 2 aromatic carbocycles. The number of nitrogens with two attached hydrogens (primary N) is 1. The summed E-state index contributed by atoms with van der Waals surface area (Å²) in [6, 6.07) is 10.8. The lowest BCUT2D eigenvalue weighted by Gasteiger charge is -2.33. The lowest BCUT2D eigenvalue weighted by Crippen LogP contribution is -2.42. The van der Waals surface area contributed by atoms with Crippen LogP contribution in [0.4, 0.5) is 13.2 Å². The van der Waals surface area contributed by atoms with E-state index in [1.54, 1.807) is 24.3 Å². The maximum Gasteiger partial charge on any atom is 0.573 e. The van der Waals surface area contributed by atoms with Crippen LogP contribution in [0, 0.1) is 5.92 Å². The number of alkyl halides is 3. The van der Waals surface area contributed by atoms with E-state index in [0.29, 0.717) is 35.2 Å². The van der Waals surface area contributed by atoms with E-state index in [4.69, 9.17) is 10.5 Å². The van der Waals surface area contributed by atoms with Gasteiger partial charge in [-0.3, -0.25) is 9.59 Å². The molecule has 2 atom stereocenters. The van der Waals surface area contributed by atoms with Crippen molar-refractivity contribution in [2.75, 3.05) is 7.11 Å². The SMILES string of the molecule is CCCCC(=O)c1ccc(C(N)N2N=C(c3ccc(OC(F)(F)F)c(OC)c3)C(CC)CC2=O)cc1. The summed E-state index contributed by atoms with van der Waals surface area (Å²) in [7, 11) is 1.24. The molecule has 0 saturated heterocycles. The number of unbranched alkanes of at least 4 members (excludes halogenated alkanes) is 1.